The summed E-state index contributed by atoms with van der Waals surface area (Å²) in [5, 5.41) is 75.8. The summed E-state index contributed by atoms with van der Waals surface area (Å²) in [5.41, 5.74) is 7.88. The number of aliphatic hydroxyl groups is 1. The topological polar surface area (TPSA) is 523 Å². The summed E-state index contributed by atoms with van der Waals surface area (Å²) in [4.78, 5) is 211. The first-order chi connectivity index (χ1) is 48.1. The molecule has 0 radical (unpaired) electrons. The van der Waals surface area contributed by atoms with Crippen LogP contribution in [-0.4, -0.2) is 215 Å². The number of aromatic hydroxyl groups is 1. The summed E-state index contributed by atoms with van der Waals surface area (Å²) in [6.07, 6.45) is -4.79. The number of nitrogens with two attached hydrogens (primary N) is 1. The number of thioether (sulfide) groups is 1. The van der Waals surface area contributed by atoms with Crippen molar-refractivity contribution in [2.45, 2.75) is 138 Å². The maximum Gasteiger partial charge on any atom is 0.327 e. The molecular formula is C67H79N13O20S. The van der Waals surface area contributed by atoms with Gasteiger partial charge in [0, 0.05) is 61.5 Å². The number of nitrogens with zero attached hydrogens (tertiary/aromatic N) is 1. The number of aliphatic carboxylic acids is 3. The minimum atomic E-state index is -2.15. The molecule has 0 spiro atoms. The number of primary amides is 1. The van der Waals surface area contributed by atoms with Gasteiger partial charge in [0.15, 0.2) is 0 Å². The van der Waals surface area contributed by atoms with Crippen LogP contribution in [0.2, 0.25) is 0 Å². The van der Waals surface area contributed by atoms with Crippen LogP contribution in [0.4, 0.5) is 0 Å². The van der Waals surface area contributed by atoms with E-state index in [1.54, 1.807) is 91.1 Å². The molecule has 0 aliphatic carbocycles. The third-order valence-corrected chi connectivity index (χ3v) is 17.4. The van der Waals surface area contributed by atoms with Gasteiger partial charge in [0.05, 0.1) is 31.2 Å². The lowest BCUT2D eigenvalue weighted by Crippen LogP contribution is -2.62. The Hall–Kier alpha value is -11.4. The molecule has 0 saturated carbocycles. The van der Waals surface area contributed by atoms with Crippen molar-refractivity contribution in [3.8, 4) is 5.75 Å². The van der Waals surface area contributed by atoms with Crippen LogP contribution in [0.1, 0.15) is 67.7 Å². The number of rotatable bonds is 17. The smallest absolute Gasteiger partial charge is 0.327 e. The number of phenolic OH excluding ortho intramolecular Hbond substituents is 1. The number of para-hydroxylation sites is 1. The fourth-order valence-electron chi connectivity index (χ4n) is 11.2. The van der Waals surface area contributed by atoms with Crippen LogP contribution in [0.5, 0.6) is 5.75 Å². The number of phenols is 1. The molecular weight excluding hydrogens is 1340 g/mol. The SMILES string of the molecule is CC(O)[C@@H]1NC(=O)[C@H](CC(N)=O)NC(=O)[C@H](CC(=O)O)NC(=O)[C@H](Cc2ccc(O)cc2)NC(=O)CNC(=O)[C@H](CCC(=O)O)NC(=O)[C@H](Cc2ccccc2)NC(=O)[C@H](Cc2c[nH]c3ccccc23)NC(=O)CSC[C@@H](C(=O)O)NC(=O)[C@@H]2CCCN2C(=O)[C@H](Cc2ccccc2)NC1=O. The van der Waals surface area contributed by atoms with Gasteiger partial charge in [-0.05, 0) is 66.6 Å². The molecule has 34 heteroatoms. The number of carbonyl (C=O) groups is 15. The van der Waals surface area contributed by atoms with Gasteiger partial charge in [-0.25, -0.2) is 4.79 Å². The van der Waals surface area contributed by atoms with E-state index in [0.29, 0.717) is 27.6 Å². The summed E-state index contributed by atoms with van der Waals surface area (Å²) in [7, 11) is 0. The van der Waals surface area contributed by atoms with E-state index in [1.807, 2.05) is 0 Å². The summed E-state index contributed by atoms with van der Waals surface area (Å²) < 4.78 is 0. The van der Waals surface area contributed by atoms with Crippen LogP contribution in [0, 0.1) is 0 Å². The number of hydrogen-bond donors (Lipinski definition) is 17. The molecule has 12 amide bonds. The van der Waals surface area contributed by atoms with Gasteiger partial charge in [0.25, 0.3) is 0 Å². The number of carbonyl (C=O) groups excluding carboxylic acids is 12. The number of fused-ring (bicyclic) bond motifs is 2. The lowest BCUT2D eigenvalue weighted by atomic mass is 10.0. The zero-order valence-corrected chi connectivity index (χ0v) is 55.3. The molecule has 1 unspecified atom stereocenters. The molecule has 1 aromatic heterocycles. The van der Waals surface area contributed by atoms with Crippen LogP contribution in [0.15, 0.2) is 115 Å². The van der Waals surface area contributed by atoms with Crippen molar-refractivity contribution in [2.75, 3.05) is 24.6 Å². The van der Waals surface area contributed by atoms with Gasteiger partial charge in [-0.2, -0.15) is 0 Å². The van der Waals surface area contributed by atoms with Gasteiger partial charge < -0.3 is 94.3 Å². The third-order valence-electron chi connectivity index (χ3n) is 16.4. The van der Waals surface area contributed by atoms with E-state index < -0.39 is 205 Å². The van der Waals surface area contributed by atoms with Crippen molar-refractivity contribution in [2.24, 2.45) is 5.73 Å². The Morgan fingerprint density at radius 3 is 1.65 bits per heavy atom. The largest absolute Gasteiger partial charge is 0.508 e. The van der Waals surface area contributed by atoms with E-state index in [4.69, 9.17) is 5.73 Å². The molecule has 0 bridgehead atoms. The molecule has 7 rings (SSSR count). The maximum atomic E-state index is 14.8. The molecule has 2 saturated heterocycles. The number of H-pyrrole nitrogens is 1. The quantitative estimate of drug-likeness (QED) is 0.0442. The standard InChI is InChI=1S/C67H79N13O20S/c1-35(81)57-65(97)77-49(27-37-13-6-3-7-14-37)66(98)80-24-10-17-51(80)64(96)78-50(67(99)100)33-101-34-54(85)72-46(28-39-31-69-42-16-9-8-15-41(39)42)61(93)74-45(25-36-11-4-2-5-12-36)60(92)73-43(22-23-55(86)87)58(90)70-32-53(84)71-44(26-38-18-20-40(82)21-19-38)59(91)76-48(30-56(88)89)62(94)75-47(29-52(68)83)63(95)79-57/h2-9,11-16,18-21,31,35,43-51,57,69,81-82H,10,17,22-30,32-34H2,1H3,(H2,68,83)(H,70,90)(H,71,84)(H,72,85)(H,73,92)(H,74,93)(H,75,94)(H,76,91)(H,77,97)(H,78,96)(H,79,95)(H,86,87)(H,88,89)(H,99,100)/t35?,43-,44-,45-,46-,47-,48-,49-,50-,51-,57-/m0/s1. The second-order valence-electron chi connectivity index (χ2n) is 24.1. The molecule has 2 aliphatic rings. The number of amides is 12. The van der Waals surface area contributed by atoms with E-state index in [1.165, 1.54) is 24.3 Å². The van der Waals surface area contributed by atoms with Crippen LogP contribution in [-0.2, 0) is 97.6 Å². The first-order valence-corrected chi connectivity index (χ1v) is 33.2. The molecule has 3 heterocycles. The lowest BCUT2D eigenvalue weighted by Gasteiger charge is -2.31. The average Bonchev–Trinajstić information content (AvgIpc) is 1.61. The highest BCUT2D eigenvalue weighted by molar-refractivity contribution is 8.00. The lowest BCUT2D eigenvalue weighted by molar-refractivity contribution is -0.144. The number of carboxylic acid groups (broad SMARTS) is 3. The molecule has 33 nitrogen and oxygen atoms in total. The van der Waals surface area contributed by atoms with Crippen molar-refractivity contribution >= 4 is 111 Å². The summed E-state index contributed by atoms with van der Waals surface area (Å²) in [6, 6.07) is 11.1. The number of hydrogen-bond acceptors (Lipinski definition) is 18. The number of nitrogens with one attached hydrogen (secondary N) is 11. The predicted octanol–water partition coefficient (Wildman–Crippen LogP) is -2.96. The molecule has 18 N–H and O–H groups in total. The minimum absolute atomic E-state index is 0.00707. The van der Waals surface area contributed by atoms with Crippen LogP contribution >= 0.6 is 11.8 Å². The third kappa shape index (κ3) is 23.4. The van der Waals surface area contributed by atoms with Crippen molar-refractivity contribution < 1.29 is 97.5 Å². The zero-order valence-electron chi connectivity index (χ0n) is 54.5. The van der Waals surface area contributed by atoms with Crippen molar-refractivity contribution in [3.63, 3.8) is 0 Å². The highest BCUT2D eigenvalue weighted by Gasteiger charge is 2.42. The first kappa shape index (κ1) is 76.9. The molecule has 2 aliphatic heterocycles. The van der Waals surface area contributed by atoms with Crippen molar-refractivity contribution in [3.05, 3.63) is 138 Å². The van der Waals surface area contributed by atoms with Crippen LogP contribution in [0.25, 0.3) is 10.9 Å². The van der Waals surface area contributed by atoms with Gasteiger partial charge in [-0.3, -0.25) is 67.1 Å². The van der Waals surface area contributed by atoms with Crippen molar-refractivity contribution in [1.82, 2.24) is 63.1 Å². The van der Waals surface area contributed by atoms with Crippen molar-refractivity contribution in [1.29, 1.82) is 0 Å². The first-order valence-electron chi connectivity index (χ1n) is 32.0. The summed E-state index contributed by atoms with van der Waals surface area (Å²) in [6.45, 7) is -0.0207. The average molecular weight is 1420 g/mol. The van der Waals surface area contributed by atoms with Gasteiger partial charge in [-0.15, -0.1) is 11.8 Å². The second kappa shape index (κ2) is 37.0. The Kier molecular flexibility index (Phi) is 28.2. The molecule has 4 aromatic carbocycles. The fraction of sp³-hybridized carbons (Fsp3) is 0.388. The van der Waals surface area contributed by atoms with Gasteiger partial charge in [0.2, 0.25) is 70.9 Å². The Morgan fingerprint density at radius 1 is 0.545 bits per heavy atom. The highest BCUT2D eigenvalue weighted by Crippen LogP contribution is 2.23. The molecule has 101 heavy (non-hydrogen) atoms. The second-order valence-corrected chi connectivity index (χ2v) is 25.1. The molecule has 5 aromatic rings. The number of carboxylic acids is 3. The summed E-state index contributed by atoms with van der Waals surface area (Å²) >= 11 is 0.752. The van der Waals surface area contributed by atoms with Crippen LogP contribution in [0.3, 0.4) is 0 Å². The van der Waals surface area contributed by atoms with Gasteiger partial charge >= 0.3 is 17.9 Å². The Labute approximate surface area is 581 Å². The van der Waals surface area contributed by atoms with E-state index in [-0.39, 0.29) is 50.0 Å². The van der Waals surface area contributed by atoms with Gasteiger partial charge in [0.1, 0.15) is 66.2 Å². The minimum Gasteiger partial charge on any atom is -0.508 e. The molecule has 11 atom stereocenters. The molecule has 538 valence electrons. The summed E-state index contributed by atoms with van der Waals surface area (Å²) in [5.74, 6) is -19.3. The Morgan fingerprint density at radius 2 is 1.06 bits per heavy atom. The fourth-order valence-corrected chi connectivity index (χ4v) is 12.1. The Balaban J connectivity index is 1.25. The van der Waals surface area contributed by atoms with Gasteiger partial charge in [-0.1, -0.05) is 91.0 Å². The number of aromatic amines is 1. The Bertz CT molecular complexity index is 3860. The van der Waals surface area contributed by atoms with E-state index in [9.17, 15) is 97.5 Å². The van der Waals surface area contributed by atoms with Crippen LogP contribution < -0.4 is 58.9 Å². The monoisotopic (exact) mass is 1420 g/mol. The van der Waals surface area contributed by atoms with E-state index in [0.717, 1.165) is 23.6 Å². The predicted molar refractivity (Wildman–Crippen MR) is 359 cm³/mol. The number of aromatic nitrogens is 1. The highest BCUT2D eigenvalue weighted by atomic mass is 32.2. The normalized spacial score (nSPS) is 23.7. The van der Waals surface area contributed by atoms with E-state index >= 15 is 0 Å². The molecule has 2 fully saturated rings. The van der Waals surface area contributed by atoms with E-state index in [2.05, 4.69) is 58.2 Å². The zero-order chi connectivity index (χ0) is 73.4. The maximum absolute atomic E-state index is 14.8. The number of benzene rings is 4. The number of aliphatic hydroxyl groups excluding tert-OH is 1.